The molecule has 0 aliphatic carbocycles. The summed E-state index contributed by atoms with van der Waals surface area (Å²) in [7, 11) is 1.62. The van der Waals surface area contributed by atoms with Crippen LogP contribution < -0.4 is 10.5 Å². The molecule has 0 bridgehead atoms. The average Bonchev–Trinajstić information content (AvgIpc) is 2.28. The van der Waals surface area contributed by atoms with Gasteiger partial charge in [-0.3, -0.25) is 0 Å². The standard InChI is InChI=1S/C12H12BrN3O/c1-7-5-11(14)16-12(15-7)9-6-8(17-2)3-4-10(9)13/h3-6H,1-2H3,(H2,14,15,16). The number of hydrogen-bond acceptors (Lipinski definition) is 4. The third kappa shape index (κ3) is 2.55. The van der Waals surface area contributed by atoms with Crippen molar-refractivity contribution in [2.45, 2.75) is 6.92 Å². The van der Waals surface area contributed by atoms with Gasteiger partial charge in [0.1, 0.15) is 11.6 Å². The Morgan fingerprint density at radius 2 is 2.00 bits per heavy atom. The summed E-state index contributed by atoms with van der Waals surface area (Å²) in [5.74, 6) is 1.81. The number of methoxy groups -OCH3 is 1. The summed E-state index contributed by atoms with van der Waals surface area (Å²) in [5.41, 5.74) is 7.42. The van der Waals surface area contributed by atoms with E-state index in [9.17, 15) is 0 Å². The maximum absolute atomic E-state index is 5.72. The molecule has 17 heavy (non-hydrogen) atoms. The number of hydrogen-bond donors (Lipinski definition) is 1. The zero-order valence-corrected chi connectivity index (χ0v) is 11.2. The van der Waals surface area contributed by atoms with Crippen LogP contribution in [0.1, 0.15) is 5.69 Å². The molecule has 2 N–H and O–H groups in total. The monoisotopic (exact) mass is 293 g/mol. The van der Waals surface area contributed by atoms with E-state index < -0.39 is 0 Å². The molecule has 1 aromatic carbocycles. The molecule has 0 saturated heterocycles. The van der Waals surface area contributed by atoms with Crippen molar-refractivity contribution in [3.63, 3.8) is 0 Å². The van der Waals surface area contributed by atoms with Gasteiger partial charge in [0, 0.05) is 21.8 Å². The predicted molar refractivity (Wildman–Crippen MR) is 70.9 cm³/mol. The average molecular weight is 294 g/mol. The van der Waals surface area contributed by atoms with E-state index in [-0.39, 0.29) is 0 Å². The molecule has 0 aliphatic rings. The first kappa shape index (κ1) is 11.9. The highest BCUT2D eigenvalue weighted by Crippen LogP contribution is 2.30. The highest BCUT2D eigenvalue weighted by molar-refractivity contribution is 9.10. The lowest BCUT2D eigenvalue weighted by Crippen LogP contribution is -1.98. The van der Waals surface area contributed by atoms with Gasteiger partial charge in [-0.25, -0.2) is 9.97 Å². The molecule has 1 aromatic heterocycles. The minimum absolute atomic E-state index is 0.460. The zero-order chi connectivity index (χ0) is 12.4. The Labute approximate surface area is 108 Å². The molecule has 0 amide bonds. The Hall–Kier alpha value is -1.62. The molecule has 0 unspecified atom stereocenters. The number of halogens is 1. The summed E-state index contributed by atoms with van der Waals surface area (Å²) < 4.78 is 6.09. The lowest BCUT2D eigenvalue weighted by molar-refractivity contribution is 0.415. The number of nitrogens with zero attached hydrogens (tertiary/aromatic N) is 2. The van der Waals surface area contributed by atoms with Gasteiger partial charge in [-0.05, 0) is 25.1 Å². The van der Waals surface area contributed by atoms with Crippen LogP contribution in [0.5, 0.6) is 5.75 Å². The summed E-state index contributed by atoms with van der Waals surface area (Å²) in [6, 6.07) is 7.37. The van der Waals surface area contributed by atoms with E-state index in [1.807, 2.05) is 25.1 Å². The number of rotatable bonds is 2. The highest BCUT2D eigenvalue weighted by atomic mass is 79.9. The van der Waals surface area contributed by atoms with Crippen LogP contribution in [0.15, 0.2) is 28.7 Å². The van der Waals surface area contributed by atoms with Crippen molar-refractivity contribution in [1.29, 1.82) is 0 Å². The maximum Gasteiger partial charge on any atom is 0.163 e. The van der Waals surface area contributed by atoms with Crippen LogP contribution in [0.3, 0.4) is 0 Å². The molecule has 0 saturated carbocycles. The van der Waals surface area contributed by atoms with E-state index in [1.165, 1.54) is 0 Å². The van der Waals surface area contributed by atoms with Gasteiger partial charge >= 0.3 is 0 Å². The van der Waals surface area contributed by atoms with Crippen molar-refractivity contribution in [1.82, 2.24) is 9.97 Å². The van der Waals surface area contributed by atoms with Gasteiger partial charge < -0.3 is 10.5 Å². The normalized spacial score (nSPS) is 10.3. The molecule has 0 fully saturated rings. The van der Waals surface area contributed by atoms with Crippen molar-refractivity contribution >= 4 is 21.7 Å². The van der Waals surface area contributed by atoms with Crippen LogP contribution in [0.4, 0.5) is 5.82 Å². The number of aryl methyl sites for hydroxylation is 1. The first-order valence-corrected chi connectivity index (χ1v) is 5.84. The molecule has 2 rings (SSSR count). The van der Waals surface area contributed by atoms with Crippen LogP contribution >= 0.6 is 15.9 Å². The van der Waals surface area contributed by atoms with Gasteiger partial charge in [-0.1, -0.05) is 15.9 Å². The molecular weight excluding hydrogens is 282 g/mol. The number of nitrogen functional groups attached to an aromatic ring is 1. The van der Waals surface area contributed by atoms with Gasteiger partial charge in [0.15, 0.2) is 5.82 Å². The van der Waals surface area contributed by atoms with Crippen LogP contribution in [0.2, 0.25) is 0 Å². The van der Waals surface area contributed by atoms with E-state index in [0.29, 0.717) is 11.6 Å². The molecule has 5 heteroatoms. The van der Waals surface area contributed by atoms with E-state index >= 15 is 0 Å². The second-order valence-corrected chi connectivity index (χ2v) is 4.46. The first-order valence-electron chi connectivity index (χ1n) is 5.05. The van der Waals surface area contributed by atoms with Crippen molar-refractivity contribution in [3.8, 4) is 17.1 Å². The van der Waals surface area contributed by atoms with Crippen LogP contribution in [0.25, 0.3) is 11.4 Å². The van der Waals surface area contributed by atoms with E-state index in [4.69, 9.17) is 10.5 Å². The number of benzene rings is 1. The summed E-state index contributed by atoms with van der Waals surface area (Å²) in [6.07, 6.45) is 0. The van der Waals surface area contributed by atoms with Crippen molar-refractivity contribution in [2.24, 2.45) is 0 Å². The Morgan fingerprint density at radius 1 is 1.24 bits per heavy atom. The second kappa shape index (κ2) is 4.71. The van der Waals surface area contributed by atoms with Gasteiger partial charge in [0.2, 0.25) is 0 Å². The van der Waals surface area contributed by atoms with Crippen LogP contribution in [-0.4, -0.2) is 17.1 Å². The quantitative estimate of drug-likeness (QED) is 0.925. The van der Waals surface area contributed by atoms with Gasteiger partial charge in [0.25, 0.3) is 0 Å². The maximum atomic E-state index is 5.72. The highest BCUT2D eigenvalue weighted by Gasteiger charge is 2.09. The van der Waals surface area contributed by atoms with E-state index in [1.54, 1.807) is 13.2 Å². The molecule has 0 spiro atoms. The summed E-state index contributed by atoms with van der Waals surface area (Å²) >= 11 is 3.47. The summed E-state index contributed by atoms with van der Waals surface area (Å²) in [6.45, 7) is 1.88. The van der Waals surface area contributed by atoms with Gasteiger partial charge in [-0.15, -0.1) is 0 Å². The summed E-state index contributed by atoms with van der Waals surface area (Å²) in [5, 5.41) is 0. The number of anilines is 1. The van der Waals surface area contributed by atoms with Gasteiger partial charge in [0.05, 0.1) is 7.11 Å². The third-order valence-corrected chi connectivity index (χ3v) is 2.98. The first-order chi connectivity index (χ1) is 8.10. The van der Waals surface area contributed by atoms with Gasteiger partial charge in [-0.2, -0.15) is 0 Å². The smallest absolute Gasteiger partial charge is 0.163 e. The van der Waals surface area contributed by atoms with Crippen molar-refractivity contribution in [2.75, 3.05) is 12.8 Å². The Bertz CT molecular complexity index is 537. The number of nitrogens with two attached hydrogens (primary N) is 1. The lowest BCUT2D eigenvalue weighted by atomic mass is 10.2. The Balaban J connectivity index is 2.58. The van der Waals surface area contributed by atoms with E-state index in [2.05, 4.69) is 25.9 Å². The molecule has 4 nitrogen and oxygen atoms in total. The second-order valence-electron chi connectivity index (χ2n) is 3.60. The minimum atomic E-state index is 0.460. The molecule has 88 valence electrons. The fraction of sp³-hybridized carbons (Fsp3) is 0.167. The van der Waals surface area contributed by atoms with E-state index in [0.717, 1.165) is 21.5 Å². The molecule has 0 radical (unpaired) electrons. The minimum Gasteiger partial charge on any atom is -0.497 e. The fourth-order valence-corrected chi connectivity index (χ4v) is 1.94. The zero-order valence-electron chi connectivity index (χ0n) is 9.57. The Kier molecular flexibility index (Phi) is 3.28. The van der Waals surface area contributed by atoms with Crippen molar-refractivity contribution < 1.29 is 4.74 Å². The fourth-order valence-electron chi connectivity index (χ4n) is 1.52. The topological polar surface area (TPSA) is 61.0 Å². The summed E-state index contributed by atoms with van der Waals surface area (Å²) in [4.78, 5) is 8.59. The third-order valence-electron chi connectivity index (χ3n) is 2.29. The largest absolute Gasteiger partial charge is 0.497 e. The Morgan fingerprint density at radius 3 is 2.65 bits per heavy atom. The van der Waals surface area contributed by atoms with Crippen LogP contribution in [0, 0.1) is 6.92 Å². The molecule has 0 aliphatic heterocycles. The molecule has 0 atom stereocenters. The SMILES string of the molecule is COc1ccc(Br)c(-c2nc(C)cc(N)n2)c1. The predicted octanol–water partition coefficient (Wildman–Crippen LogP) is 2.81. The number of ether oxygens (including phenoxy) is 1. The van der Waals surface area contributed by atoms with Crippen LogP contribution in [-0.2, 0) is 0 Å². The lowest BCUT2D eigenvalue weighted by Gasteiger charge is -2.07. The molecule has 1 heterocycles. The molecule has 2 aromatic rings. The molecular formula is C12H12BrN3O. The number of aromatic nitrogens is 2. The van der Waals surface area contributed by atoms with Crippen molar-refractivity contribution in [3.05, 3.63) is 34.4 Å².